The Morgan fingerprint density at radius 1 is 0.543 bits per heavy atom. The zero-order chi connectivity index (χ0) is 32.2. The molecule has 0 unspecified atom stereocenters. The lowest BCUT2D eigenvalue weighted by Crippen LogP contribution is -2.15. The number of carbonyl (C=O) groups is 2. The number of carbonyl (C=O) groups excluding carboxylic acids is 2. The highest BCUT2D eigenvalue weighted by molar-refractivity contribution is 8.15. The summed E-state index contributed by atoms with van der Waals surface area (Å²) in [6, 6.07) is 12.3. The van der Waals surface area contributed by atoms with Crippen molar-refractivity contribution in [2.75, 3.05) is 0 Å². The number of unbranched alkanes of at least 4 members (excludes halogenated alkanes) is 10. The van der Waals surface area contributed by atoms with Gasteiger partial charge in [0.25, 0.3) is 0 Å². The van der Waals surface area contributed by atoms with Gasteiger partial charge in [-0.05, 0) is 96.7 Å². The molecule has 4 aromatic rings. The summed E-state index contributed by atoms with van der Waals surface area (Å²) in [5.74, 6) is 0. The van der Waals surface area contributed by atoms with Gasteiger partial charge in [0.05, 0.1) is 19.8 Å². The van der Waals surface area contributed by atoms with E-state index in [1.165, 1.54) is 132 Å². The molecule has 8 heteroatoms. The molecule has 0 amide bonds. The van der Waals surface area contributed by atoms with Crippen LogP contribution in [0, 0.1) is 0 Å². The van der Waals surface area contributed by atoms with Crippen LogP contribution in [-0.2, 0) is 22.4 Å². The molecule has 46 heavy (non-hydrogen) atoms. The maximum absolute atomic E-state index is 13.8. The molecule has 0 N–H and O–H groups in total. The van der Waals surface area contributed by atoms with E-state index in [-0.39, 0.29) is 10.2 Å². The van der Waals surface area contributed by atoms with Crippen LogP contribution in [0.2, 0.25) is 8.67 Å². The Morgan fingerprint density at radius 3 is 1.30 bits per heavy atom. The second-order valence-electron chi connectivity index (χ2n) is 12.3. The number of hydrogen-bond acceptors (Lipinski definition) is 6. The Balaban J connectivity index is 1.57. The minimum Gasteiger partial charge on any atom is -0.281 e. The van der Waals surface area contributed by atoms with Crippen LogP contribution in [0.15, 0.2) is 46.2 Å². The van der Waals surface area contributed by atoms with Gasteiger partial charge in [0.2, 0.25) is 10.2 Å². The number of thiophene rings is 2. The van der Waals surface area contributed by atoms with Crippen molar-refractivity contribution in [2.45, 2.75) is 114 Å². The van der Waals surface area contributed by atoms with Crippen LogP contribution in [0.3, 0.4) is 0 Å². The lowest BCUT2D eigenvalue weighted by Gasteiger charge is -2.17. The first-order chi connectivity index (χ1) is 22.4. The van der Waals surface area contributed by atoms with Crippen LogP contribution in [0.4, 0.5) is 0 Å². The number of halogens is 2. The van der Waals surface area contributed by atoms with E-state index in [9.17, 15) is 9.59 Å². The van der Waals surface area contributed by atoms with E-state index in [2.05, 4.69) is 26.0 Å². The lowest BCUT2D eigenvalue weighted by molar-refractivity contribution is -0.106. The van der Waals surface area contributed by atoms with E-state index in [1.54, 1.807) is 0 Å². The van der Waals surface area contributed by atoms with Gasteiger partial charge in [-0.2, -0.15) is 0 Å². The summed E-state index contributed by atoms with van der Waals surface area (Å²) in [6.07, 6.45) is 16.4. The van der Waals surface area contributed by atoms with Crippen molar-refractivity contribution in [3.05, 3.63) is 76.4 Å². The summed E-state index contributed by atoms with van der Waals surface area (Å²) < 4.78 is 1.38. The summed E-state index contributed by atoms with van der Waals surface area (Å²) >= 11 is 18.4. The molecule has 0 saturated heterocycles. The SMILES string of the molecule is CCCCCCCCc1cc2c(c3c(CCCCCCCC)cc4c(c13)SC(=O)C=4c1ccc(Cl)s1)SC(=O)C=2c1ccc(Cl)s1. The van der Waals surface area contributed by atoms with Crippen molar-refractivity contribution in [3.63, 3.8) is 0 Å². The third kappa shape index (κ3) is 7.23. The molecule has 0 radical (unpaired) electrons. The predicted octanol–water partition coefficient (Wildman–Crippen LogP) is 11.7. The molecule has 0 fully saturated rings. The molecule has 2 aromatic carbocycles. The Bertz CT molecular complexity index is 1760. The van der Waals surface area contributed by atoms with E-state index in [0.29, 0.717) is 8.67 Å². The number of benzene rings is 2. The number of fused-ring (bicyclic) bond motifs is 5. The van der Waals surface area contributed by atoms with Crippen LogP contribution in [0.25, 0.3) is 21.9 Å². The Kier molecular flexibility index (Phi) is 11.8. The average molecular weight is 728 g/mol. The minimum atomic E-state index is 0.0850. The molecule has 2 nitrogen and oxygen atoms in total. The Morgan fingerprint density at radius 2 is 0.935 bits per heavy atom. The summed E-state index contributed by atoms with van der Waals surface area (Å²) in [5.41, 5.74) is 4.06. The van der Waals surface area contributed by atoms with E-state index < -0.39 is 0 Å². The van der Waals surface area contributed by atoms with Crippen LogP contribution in [0.5, 0.6) is 0 Å². The maximum Gasteiger partial charge on any atom is 0.226 e. The second-order valence-corrected chi connectivity index (χ2v) is 17.7. The summed E-state index contributed by atoms with van der Waals surface area (Å²) in [5, 5.41) is 4.62. The van der Waals surface area contributed by atoms with E-state index in [4.69, 9.17) is 23.2 Å². The summed E-state index contributed by atoms with van der Waals surface area (Å²) in [6.45, 7) is 4.51. The van der Waals surface area contributed by atoms with E-state index in [1.807, 2.05) is 24.3 Å². The third-order valence-corrected chi connectivity index (χ3v) is 13.6. The van der Waals surface area contributed by atoms with Gasteiger partial charge in [-0.15, -0.1) is 22.7 Å². The molecule has 6 rings (SSSR count). The van der Waals surface area contributed by atoms with Gasteiger partial charge in [-0.1, -0.05) is 101 Å². The highest BCUT2D eigenvalue weighted by Crippen LogP contribution is 2.45. The topological polar surface area (TPSA) is 34.1 Å². The molecular weight excluding hydrogens is 688 g/mol. The van der Waals surface area contributed by atoms with Gasteiger partial charge in [-0.3, -0.25) is 9.59 Å². The zero-order valence-electron chi connectivity index (χ0n) is 26.6. The smallest absolute Gasteiger partial charge is 0.226 e. The maximum atomic E-state index is 13.8. The molecule has 0 spiro atoms. The fourth-order valence-electron chi connectivity index (χ4n) is 6.77. The molecule has 0 saturated carbocycles. The van der Waals surface area contributed by atoms with Gasteiger partial charge in [0.1, 0.15) is 0 Å². The minimum absolute atomic E-state index is 0.0850. The predicted molar refractivity (Wildman–Crippen MR) is 203 cm³/mol. The van der Waals surface area contributed by atoms with Crippen molar-refractivity contribution in [2.24, 2.45) is 0 Å². The molecular formula is C38H40Cl2O2S4. The van der Waals surface area contributed by atoms with Gasteiger partial charge in [0, 0.05) is 40.8 Å². The van der Waals surface area contributed by atoms with Crippen molar-refractivity contribution in [3.8, 4) is 0 Å². The fourth-order valence-corrected chi connectivity index (χ4v) is 11.3. The number of thioether (sulfide) groups is 2. The number of hydrogen-bond donors (Lipinski definition) is 0. The van der Waals surface area contributed by atoms with Crippen molar-refractivity contribution in [1.82, 2.24) is 0 Å². The molecule has 2 aliphatic heterocycles. The van der Waals surface area contributed by atoms with Crippen molar-refractivity contribution < 1.29 is 9.59 Å². The Labute approximate surface area is 299 Å². The van der Waals surface area contributed by atoms with Crippen LogP contribution >= 0.6 is 69.4 Å². The molecule has 2 aliphatic rings. The van der Waals surface area contributed by atoms with Crippen LogP contribution < -0.4 is 10.4 Å². The average Bonchev–Trinajstić information content (AvgIpc) is 3.81. The zero-order valence-corrected chi connectivity index (χ0v) is 31.3. The summed E-state index contributed by atoms with van der Waals surface area (Å²) in [7, 11) is 0. The quantitative estimate of drug-likeness (QED) is 0.108. The van der Waals surface area contributed by atoms with Gasteiger partial charge >= 0.3 is 0 Å². The first-order valence-electron chi connectivity index (χ1n) is 16.8. The van der Waals surface area contributed by atoms with Crippen molar-refractivity contribution >= 4 is 102 Å². The number of rotatable bonds is 16. The lowest BCUT2D eigenvalue weighted by atomic mass is 9.90. The standard InChI is InChI=1S/C38H40Cl2O2S4/c1-3-5-7-9-11-13-15-23-21-25-33(27-17-19-29(39)43-27)37(41)46-36(25)32-24(16-14-12-10-8-6-4-2)22-26-34(28-18-20-30(40)44-28)38(42)45-35(26)31(23)32/h17-22H,3-16H2,1-2H3. The fraction of sp³-hybridized carbons (Fsp3) is 0.421. The third-order valence-electron chi connectivity index (χ3n) is 9.05. The first-order valence-corrected chi connectivity index (χ1v) is 20.8. The number of aryl methyl sites for hydroxylation is 2. The molecule has 0 aliphatic carbocycles. The van der Waals surface area contributed by atoms with Gasteiger partial charge in [-0.25, -0.2) is 0 Å². The normalized spacial score (nSPS) is 14.3. The first kappa shape index (κ1) is 34.3. The highest BCUT2D eigenvalue weighted by Gasteiger charge is 2.33. The Hall–Kier alpha value is -1.54. The van der Waals surface area contributed by atoms with Gasteiger partial charge < -0.3 is 0 Å². The second kappa shape index (κ2) is 15.8. The highest BCUT2D eigenvalue weighted by atomic mass is 35.5. The van der Waals surface area contributed by atoms with Gasteiger partial charge in [0.15, 0.2) is 0 Å². The molecule has 0 bridgehead atoms. The molecule has 0 atom stereocenters. The van der Waals surface area contributed by atoms with E-state index >= 15 is 0 Å². The van der Waals surface area contributed by atoms with Crippen molar-refractivity contribution in [1.29, 1.82) is 0 Å². The largest absolute Gasteiger partial charge is 0.281 e. The monoisotopic (exact) mass is 726 g/mol. The summed E-state index contributed by atoms with van der Waals surface area (Å²) in [4.78, 5) is 31.5. The van der Waals surface area contributed by atoms with E-state index in [0.717, 1.165) is 66.8 Å². The molecule has 242 valence electrons. The van der Waals surface area contributed by atoms with Crippen LogP contribution in [0.1, 0.15) is 112 Å². The van der Waals surface area contributed by atoms with Crippen LogP contribution in [-0.4, -0.2) is 10.2 Å². The molecule has 4 heterocycles. The molecule has 2 aromatic heterocycles.